The summed E-state index contributed by atoms with van der Waals surface area (Å²) in [4.78, 5) is 11.6. The van der Waals surface area contributed by atoms with Gasteiger partial charge >= 0.3 is 0 Å². The molecular formula is C11H22N2O3. The summed E-state index contributed by atoms with van der Waals surface area (Å²) in [7, 11) is 0. The minimum atomic E-state index is -0.398. The molecular weight excluding hydrogens is 208 g/mol. The van der Waals surface area contributed by atoms with Gasteiger partial charge in [0.2, 0.25) is 5.91 Å². The highest BCUT2D eigenvalue weighted by atomic mass is 16.3. The average Bonchev–Trinajstić information content (AvgIpc) is 2.70. The van der Waals surface area contributed by atoms with Crippen LogP contribution in [0.4, 0.5) is 0 Å². The van der Waals surface area contributed by atoms with Crippen LogP contribution in [0.3, 0.4) is 0 Å². The Kier molecular flexibility index (Phi) is 5.73. The zero-order valence-electron chi connectivity index (χ0n) is 9.78. The maximum Gasteiger partial charge on any atom is 0.237 e. The van der Waals surface area contributed by atoms with Gasteiger partial charge in [-0.15, -0.1) is 0 Å². The number of hydrogen-bond donors (Lipinski definition) is 4. The van der Waals surface area contributed by atoms with Crippen molar-refractivity contribution in [2.24, 2.45) is 5.92 Å². The molecule has 0 bridgehead atoms. The van der Waals surface area contributed by atoms with Crippen LogP contribution in [0.25, 0.3) is 0 Å². The van der Waals surface area contributed by atoms with Crippen LogP contribution in [0.5, 0.6) is 0 Å². The van der Waals surface area contributed by atoms with E-state index in [-0.39, 0.29) is 18.6 Å². The number of hydrogen-bond acceptors (Lipinski definition) is 4. The minimum Gasteiger partial charge on any atom is -0.396 e. The van der Waals surface area contributed by atoms with Crippen LogP contribution in [0.2, 0.25) is 0 Å². The van der Waals surface area contributed by atoms with Crippen LogP contribution >= 0.6 is 0 Å². The van der Waals surface area contributed by atoms with Gasteiger partial charge in [0.1, 0.15) is 0 Å². The van der Waals surface area contributed by atoms with Gasteiger partial charge in [0.15, 0.2) is 0 Å². The van der Waals surface area contributed by atoms with E-state index >= 15 is 0 Å². The lowest BCUT2D eigenvalue weighted by Crippen LogP contribution is -2.40. The number of amides is 1. The van der Waals surface area contributed by atoms with E-state index in [1.54, 1.807) is 0 Å². The monoisotopic (exact) mass is 230 g/mol. The zero-order valence-corrected chi connectivity index (χ0v) is 9.78. The Morgan fingerprint density at radius 1 is 1.62 bits per heavy atom. The Hall–Kier alpha value is -0.650. The molecule has 0 aromatic rings. The highest BCUT2D eigenvalue weighted by molar-refractivity contribution is 5.82. The molecule has 5 heteroatoms. The summed E-state index contributed by atoms with van der Waals surface area (Å²) >= 11 is 0. The number of aliphatic hydroxyl groups excluding tert-OH is 2. The van der Waals surface area contributed by atoms with Gasteiger partial charge < -0.3 is 20.8 Å². The van der Waals surface area contributed by atoms with Crippen molar-refractivity contribution in [3.8, 4) is 0 Å². The van der Waals surface area contributed by atoms with Crippen molar-refractivity contribution in [2.45, 2.75) is 38.3 Å². The van der Waals surface area contributed by atoms with Crippen molar-refractivity contribution in [3.63, 3.8) is 0 Å². The molecule has 1 fully saturated rings. The molecule has 16 heavy (non-hydrogen) atoms. The van der Waals surface area contributed by atoms with E-state index in [1.807, 2.05) is 6.92 Å². The predicted molar refractivity (Wildman–Crippen MR) is 60.9 cm³/mol. The fourth-order valence-corrected chi connectivity index (χ4v) is 1.79. The van der Waals surface area contributed by atoms with E-state index in [0.29, 0.717) is 25.4 Å². The fourth-order valence-electron chi connectivity index (χ4n) is 1.79. The summed E-state index contributed by atoms with van der Waals surface area (Å²) in [5.41, 5.74) is 0. The largest absolute Gasteiger partial charge is 0.396 e. The van der Waals surface area contributed by atoms with Gasteiger partial charge in [-0.1, -0.05) is 6.92 Å². The molecule has 1 rings (SSSR count). The molecule has 3 unspecified atom stereocenters. The molecule has 5 nitrogen and oxygen atoms in total. The fraction of sp³-hybridized carbons (Fsp3) is 0.909. The smallest absolute Gasteiger partial charge is 0.237 e. The van der Waals surface area contributed by atoms with Gasteiger partial charge in [0, 0.05) is 19.7 Å². The van der Waals surface area contributed by atoms with Crippen molar-refractivity contribution in [1.82, 2.24) is 10.6 Å². The Balaban J connectivity index is 2.06. The molecule has 3 atom stereocenters. The number of rotatable bonds is 6. The quantitative estimate of drug-likeness (QED) is 0.452. The molecule has 94 valence electrons. The molecule has 0 aromatic heterocycles. The number of aliphatic hydroxyl groups is 2. The Morgan fingerprint density at radius 2 is 2.38 bits per heavy atom. The zero-order chi connectivity index (χ0) is 12.0. The normalized spacial score (nSPS) is 26.7. The average molecular weight is 230 g/mol. The van der Waals surface area contributed by atoms with Crippen LogP contribution in [0, 0.1) is 5.92 Å². The first-order valence-electron chi connectivity index (χ1n) is 5.93. The molecule has 1 heterocycles. The van der Waals surface area contributed by atoms with E-state index in [9.17, 15) is 9.90 Å². The van der Waals surface area contributed by atoms with Crippen LogP contribution in [0.1, 0.15) is 26.2 Å². The lowest BCUT2D eigenvalue weighted by Gasteiger charge is -2.12. The molecule has 0 radical (unpaired) electrons. The molecule has 0 saturated carbocycles. The summed E-state index contributed by atoms with van der Waals surface area (Å²) in [6.07, 6.45) is 1.89. The van der Waals surface area contributed by atoms with Crippen LogP contribution < -0.4 is 10.6 Å². The number of carbonyl (C=O) groups excluding carboxylic acids is 1. The van der Waals surface area contributed by atoms with E-state index in [2.05, 4.69) is 10.6 Å². The summed E-state index contributed by atoms with van der Waals surface area (Å²) in [5, 5.41) is 23.9. The van der Waals surface area contributed by atoms with Gasteiger partial charge in [0.05, 0.1) is 12.1 Å². The van der Waals surface area contributed by atoms with Crippen molar-refractivity contribution in [1.29, 1.82) is 0 Å². The van der Waals surface area contributed by atoms with Gasteiger partial charge in [0.25, 0.3) is 0 Å². The third-order valence-corrected chi connectivity index (χ3v) is 2.91. The third kappa shape index (κ3) is 4.47. The summed E-state index contributed by atoms with van der Waals surface area (Å²) in [5.74, 6) is 0.261. The highest BCUT2D eigenvalue weighted by Gasteiger charge is 2.27. The molecule has 0 spiro atoms. The Bertz CT molecular complexity index is 223. The SMILES string of the molecule is CC(CO)CCCNC(=O)C1CC(O)CN1. The number of nitrogens with one attached hydrogen (secondary N) is 2. The van der Waals surface area contributed by atoms with E-state index in [1.165, 1.54) is 0 Å². The van der Waals surface area contributed by atoms with Crippen molar-refractivity contribution in [3.05, 3.63) is 0 Å². The number of carbonyl (C=O) groups is 1. The van der Waals surface area contributed by atoms with Gasteiger partial charge in [-0.2, -0.15) is 0 Å². The maximum absolute atomic E-state index is 11.6. The van der Waals surface area contributed by atoms with Crippen molar-refractivity contribution >= 4 is 5.91 Å². The van der Waals surface area contributed by atoms with Crippen LogP contribution in [-0.2, 0) is 4.79 Å². The van der Waals surface area contributed by atoms with Gasteiger partial charge in [-0.05, 0) is 25.2 Å². The Morgan fingerprint density at radius 3 is 2.94 bits per heavy atom. The minimum absolute atomic E-state index is 0.0341. The summed E-state index contributed by atoms with van der Waals surface area (Å²) in [6, 6.07) is -0.245. The highest BCUT2D eigenvalue weighted by Crippen LogP contribution is 2.06. The maximum atomic E-state index is 11.6. The summed E-state index contributed by atoms with van der Waals surface area (Å²) < 4.78 is 0. The van der Waals surface area contributed by atoms with Crippen LogP contribution in [-0.4, -0.2) is 48.0 Å². The molecule has 1 aliphatic heterocycles. The summed E-state index contributed by atoms with van der Waals surface area (Å²) in [6.45, 7) is 3.32. The molecule has 0 aromatic carbocycles. The topological polar surface area (TPSA) is 81.6 Å². The van der Waals surface area contributed by atoms with E-state index in [0.717, 1.165) is 12.8 Å². The Labute approximate surface area is 96.2 Å². The van der Waals surface area contributed by atoms with E-state index in [4.69, 9.17) is 5.11 Å². The second kappa shape index (κ2) is 6.83. The number of β-amino-alcohol motifs (C(OH)–C–C–N with tert-alkyl or cyclic N) is 1. The first-order chi connectivity index (χ1) is 7.63. The second-order valence-electron chi connectivity index (χ2n) is 4.57. The molecule has 0 aliphatic carbocycles. The van der Waals surface area contributed by atoms with Crippen molar-refractivity contribution in [2.75, 3.05) is 19.7 Å². The van der Waals surface area contributed by atoms with E-state index < -0.39 is 6.10 Å². The molecule has 4 N–H and O–H groups in total. The molecule has 1 amide bonds. The third-order valence-electron chi connectivity index (χ3n) is 2.91. The first kappa shape index (κ1) is 13.4. The van der Waals surface area contributed by atoms with Gasteiger partial charge in [-0.25, -0.2) is 0 Å². The molecule has 1 saturated heterocycles. The second-order valence-corrected chi connectivity index (χ2v) is 4.57. The lowest BCUT2D eigenvalue weighted by atomic mass is 10.1. The standard InChI is InChI=1S/C11H22N2O3/c1-8(7-14)3-2-4-12-11(16)10-5-9(15)6-13-10/h8-10,13-15H,2-7H2,1H3,(H,12,16). The van der Waals surface area contributed by atoms with Gasteiger partial charge in [-0.3, -0.25) is 4.79 Å². The lowest BCUT2D eigenvalue weighted by molar-refractivity contribution is -0.122. The van der Waals surface area contributed by atoms with Crippen molar-refractivity contribution < 1.29 is 15.0 Å². The predicted octanol–water partition coefficient (Wildman–Crippen LogP) is -0.766. The molecule has 1 aliphatic rings. The first-order valence-corrected chi connectivity index (χ1v) is 5.93. The van der Waals surface area contributed by atoms with Crippen LogP contribution in [0.15, 0.2) is 0 Å².